The second-order valence-electron chi connectivity index (χ2n) is 7.32. The minimum Gasteiger partial charge on any atom is -0.497 e. The van der Waals surface area contributed by atoms with E-state index in [0.29, 0.717) is 24.5 Å². The highest BCUT2D eigenvalue weighted by atomic mass is 32.2. The van der Waals surface area contributed by atoms with Crippen molar-refractivity contribution in [1.29, 1.82) is 0 Å². The van der Waals surface area contributed by atoms with Crippen molar-refractivity contribution in [3.05, 3.63) is 54.1 Å². The van der Waals surface area contributed by atoms with Crippen LogP contribution in [0.3, 0.4) is 0 Å². The molecule has 1 amide bonds. The Morgan fingerprint density at radius 1 is 0.966 bits per heavy atom. The Balaban J connectivity index is 1.94. The molecular weight excluding hydrogens is 388 g/mol. The van der Waals surface area contributed by atoms with Crippen molar-refractivity contribution in [2.45, 2.75) is 37.5 Å². The lowest BCUT2D eigenvalue weighted by Gasteiger charge is -2.28. The summed E-state index contributed by atoms with van der Waals surface area (Å²) in [6, 6.07) is 13.4. The number of rotatable bonds is 6. The molecule has 1 saturated heterocycles. The monoisotopic (exact) mass is 416 g/mol. The maximum atomic E-state index is 13.4. The summed E-state index contributed by atoms with van der Waals surface area (Å²) in [7, 11) is -2.33. The van der Waals surface area contributed by atoms with Gasteiger partial charge in [0.1, 0.15) is 12.3 Å². The van der Waals surface area contributed by atoms with Gasteiger partial charge in [0.05, 0.1) is 17.7 Å². The van der Waals surface area contributed by atoms with E-state index in [4.69, 9.17) is 4.74 Å². The summed E-state index contributed by atoms with van der Waals surface area (Å²) in [6.45, 7) is 3.04. The number of benzene rings is 2. The van der Waals surface area contributed by atoms with E-state index in [1.54, 1.807) is 60.5 Å². The molecular formula is C22H28N2O4S. The Morgan fingerprint density at radius 2 is 1.55 bits per heavy atom. The number of hydrogen-bond donors (Lipinski definition) is 0. The van der Waals surface area contributed by atoms with Crippen LogP contribution in [0.1, 0.15) is 31.2 Å². The predicted octanol–water partition coefficient (Wildman–Crippen LogP) is 3.60. The number of carbonyl (C=O) groups excluding carboxylic acids is 1. The summed E-state index contributed by atoms with van der Waals surface area (Å²) < 4.78 is 33.2. The van der Waals surface area contributed by atoms with Gasteiger partial charge < -0.3 is 9.64 Å². The van der Waals surface area contributed by atoms with Crippen LogP contribution in [0.5, 0.6) is 5.75 Å². The molecule has 2 aromatic carbocycles. The molecule has 2 aromatic rings. The molecule has 0 radical (unpaired) electrons. The average molecular weight is 417 g/mol. The lowest BCUT2D eigenvalue weighted by atomic mass is 10.2. The summed E-state index contributed by atoms with van der Waals surface area (Å²) in [4.78, 5) is 14.9. The summed E-state index contributed by atoms with van der Waals surface area (Å²) in [5, 5.41) is 0. The zero-order valence-corrected chi connectivity index (χ0v) is 17.8. The molecule has 0 saturated carbocycles. The number of methoxy groups -OCH3 is 1. The van der Waals surface area contributed by atoms with Crippen LogP contribution in [0, 0.1) is 6.92 Å². The molecule has 0 aliphatic carbocycles. The number of hydrogen-bond acceptors (Lipinski definition) is 4. The molecule has 0 unspecified atom stereocenters. The summed E-state index contributed by atoms with van der Waals surface area (Å²) in [6.07, 6.45) is 4.12. The maximum absolute atomic E-state index is 13.4. The molecule has 6 nitrogen and oxygen atoms in total. The van der Waals surface area contributed by atoms with Crippen LogP contribution in [0.25, 0.3) is 0 Å². The van der Waals surface area contributed by atoms with E-state index in [1.165, 1.54) is 4.31 Å². The van der Waals surface area contributed by atoms with Gasteiger partial charge in [-0.25, -0.2) is 8.42 Å². The number of anilines is 1. The van der Waals surface area contributed by atoms with E-state index in [2.05, 4.69) is 0 Å². The van der Waals surface area contributed by atoms with Crippen molar-refractivity contribution in [2.75, 3.05) is 31.0 Å². The first-order valence-electron chi connectivity index (χ1n) is 9.93. The van der Waals surface area contributed by atoms with Crippen molar-refractivity contribution < 1.29 is 17.9 Å². The molecule has 0 aromatic heterocycles. The van der Waals surface area contributed by atoms with Crippen LogP contribution >= 0.6 is 0 Å². The molecule has 0 spiro atoms. The summed E-state index contributed by atoms with van der Waals surface area (Å²) >= 11 is 0. The predicted molar refractivity (Wildman–Crippen MR) is 114 cm³/mol. The molecule has 29 heavy (non-hydrogen) atoms. The lowest BCUT2D eigenvalue weighted by Crippen LogP contribution is -2.43. The summed E-state index contributed by atoms with van der Waals surface area (Å²) in [5.41, 5.74) is 1.41. The number of aryl methyl sites for hydroxylation is 1. The Hall–Kier alpha value is -2.54. The number of amides is 1. The molecule has 1 heterocycles. The van der Waals surface area contributed by atoms with E-state index < -0.39 is 10.0 Å². The molecule has 1 aliphatic heterocycles. The Labute approximate surface area is 173 Å². The number of ether oxygens (including phenoxy) is 1. The standard InChI is InChI=1S/C22H28N2O4S/c1-18-7-13-21(14-8-18)29(26,27)24(19-9-11-20(28-2)12-10-19)17-22(25)23-15-5-3-4-6-16-23/h7-14H,3-6,15-17H2,1-2H3. The number of nitrogens with zero attached hydrogens (tertiary/aromatic N) is 2. The highest BCUT2D eigenvalue weighted by Gasteiger charge is 2.29. The van der Waals surface area contributed by atoms with Crippen LogP contribution in [0.15, 0.2) is 53.4 Å². The third kappa shape index (κ3) is 5.09. The largest absolute Gasteiger partial charge is 0.497 e. The third-order valence-electron chi connectivity index (χ3n) is 5.21. The van der Waals surface area contributed by atoms with Gasteiger partial charge in [0.15, 0.2) is 0 Å². The molecule has 3 rings (SSSR count). The van der Waals surface area contributed by atoms with Gasteiger partial charge in [0.25, 0.3) is 10.0 Å². The molecule has 7 heteroatoms. The maximum Gasteiger partial charge on any atom is 0.264 e. The Morgan fingerprint density at radius 3 is 2.10 bits per heavy atom. The Kier molecular flexibility index (Phi) is 6.79. The molecule has 156 valence electrons. The van der Waals surface area contributed by atoms with Crippen molar-refractivity contribution in [3.8, 4) is 5.75 Å². The van der Waals surface area contributed by atoms with Gasteiger partial charge in [0, 0.05) is 13.1 Å². The van der Waals surface area contributed by atoms with Gasteiger partial charge in [-0.2, -0.15) is 0 Å². The van der Waals surface area contributed by atoms with E-state index >= 15 is 0 Å². The fraction of sp³-hybridized carbons (Fsp3) is 0.409. The fourth-order valence-electron chi connectivity index (χ4n) is 3.44. The van der Waals surface area contributed by atoms with E-state index in [0.717, 1.165) is 31.2 Å². The van der Waals surface area contributed by atoms with Gasteiger partial charge in [-0.15, -0.1) is 0 Å². The quantitative estimate of drug-likeness (QED) is 0.722. The number of likely N-dealkylation sites (tertiary alicyclic amines) is 1. The van der Waals surface area contributed by atoms with Crippen molar-refractivity contribution in [2.24, 2.45) is 0 Å². The van der Waals surface area contributed by atoms with Crippen molar-refractivity contribution in [3.63, 3.8) is 0 Å². The van der Waals surface area contributed by atoms with Gasteiger partial charge in [-0.1, -0.05) is 30.5 Å². The zero-order chi connectivity index (χ0) is 20.9. The highest BCUT2D eigenvalue weighted by Crippen LogP contribution is 2.26. The summed E-state index contributed by atoms with van der Waals surface area (Å²) in [5.74, 6) is 0.457. The number of carbonyl (C=O) groups is 1. The molecule has 0 bridgehead atoms. The van der Waals surface area contributed by atoms with E-state index in [9.17, 15) is 13.2 Å². The topological polar surface area (TPSA) is 66.9 Å². The minimum absolute atomic E-state index is 0.168. The highest BCUT2D eigenvalue weighted by molar-refractivity contribution is 7.92. The molecule has 0 atom stereocenters. The SMILES string of the molecule is COc1ccc(N(CC(=O)N2CCCCCC2)S(=O)(=O)c2ccc(C)cc2)cc1. The van der Waals surface area contributed by atoms with Crippen LogP contribution < -0.4 is 9.04 Å². The van der Waals surface area contributed by atoms with Crippen LogP contribution in [-0.4, -0.2) is 46.0 Å². The average Bonchev–Trinajstić information content (AvgIpc) is 3.02. The fourth-order valence-corrected chi connectivity index (χ4v) is 4.86. The third-order valence-corrected chi connectivity index (χ3v) is 7.00. The van der Waals surface area contributed by atoms with Gasteiger partial charge in [-0.05, 0) is 56.2 Å². The lowest BCUT2D eigenvalue weighted by molar-refractivity contribution is -0.129. The zero-order valence-electron chi connectivity index (χ0n) is 17.0. The van der Waals surface area contributed by atoms with Gasteiger partial charge in [0.2, 0.25) is 5.91 Å². The minimum atomic E-state index is -3.89. The van der Waals surface area contributed by atoms with E-state index in [-0.39, 0.29) is 17.3 Å². The van der Waals surface area contributed by atoms with E-state index in [1.807, 2.05) is 6.92 Å². The molecule has 1 aliphatic rings. The smallest absolute Gasteiger partial charge is 0.264 e. The second-order valence-corrected chi connectivity index (χ2v) is 9.18. The van der Waals surface area contributed by atoms with Gasteiger partial charge in [-0.3, -0.25) is 9.10 Å². The van der Waals surface area contributed by atoms with Crippen molar-refractivity contribution >= 4 is 21.6 Å². The number of sulfonamides is 1. The van der Waals surface area contributed by atoms with Gasteiger partial charge >= 0.3 is 0 Å². The first-order valence-corrected chi connectivity index (χ1v) is 11.4. The van der Waals surface area contributed by atoms with Crippen LogP contribution in [0.4, 0.5) is 5.69 Å². The molecule has 1 fully saturated rings. The van der Waals surface area contributed by atoms with Crippen LogP contribution in [0.2, 0.25) is 0 Å². The first-order chi connectivity index (χ1) is 13.9. The van der Waals surface area contributed by atoms with Crippen molar-refractivity contribution in [1.82, 2.24) is 4.90 Å². The van der Waals surface area contributed by atoms with Crippen LogP contribution in [-0.2, 0) is 14.8 Å². The first kappa shape index (κ1) is 21.2. The molecule has 0 N–H and O–H groups in total. The normalized spacial score (nSPS) is 14.9. The second kappa shape index (κ2) is 9.31. The Bertz CT molecular complexity index is 916.